The minimum Gasteiger partial charge on any atom is -0.481 e. The van der Waals surface area contributed by atoms with Crippen LogP contribution in [0.1, 0.15) is 25.7 Å². The third kappa shape index (κ3) is 3.53. The maximum atomic E-state index is 13.0. The molecule has 0 unspecified atom stereocenters. The van der Waals surface area contributed by atoms with Gasteiger partial charge in [-0.15, -0.1) is 0 Å². The van der Waals surface area contributed by atoms with Gasteiger partial charge in [-0.2, -0.15) is 0 Å². The number of carbonyl (C=O) groups excluding carboxylic acids is 1. The molecular formula is C14H15F2NO3. The van der Waals surface area contributed by atoms with Gasteiger partial charge in [-0.25, -0.2) is 8.78 Å². The van der Waals surface area contributed by atoms with Gasteiger partial charge < -0.3 is 10.4 Å². The van der Waals surface area contributed by atoms with E-state index >= 15 is 0 Å². The normalized spacial score (nSPS) is 22.3. The van der Waals surface area contributed by atoms with E-state index in [9.17, 15) is 18.4 Å². The highest BCUT2D eigenvalue weighted by molar-refractivity contribution is 5.93. The average Bonchev–Trinajstić information content (AvgIpc) is 2.37. The van der Waals surface area contributed by atoms with Crippen LogP contribution in [0.3, 0.4) is 0 Å². The van der Waals surface area contributed by atoms with E-state index < -0.39 is 29.4 Å². The Morgan fingerprint density at radius 3 is 2.30 bits per heavy atom. The lowest BCUT2D eigenvalue weighted by Gasteiger charge is -2.25. The smallest absolute Gasteiger partial charge is 0.306 e. The van der Waals surface area contributed by atoms with Crippen LogP contribution < -0.4 is 5.32 Å². The molecule has 0 saturated heterocycles. The standard InChI is InChI=1S/C14H15F2NO3/c15-10-5-11(16)7-12(6-10)17-13(18)8-2-1-3-9(4-8)14(19)20/h5-9H,1-4H2,(H,17,18)(H,19,20)/t8-,9-/m0/s1. The number of nitrogens with one attached hydrogen (secondary N) is 1. The molecule has 20 heavy (non-hydrogen) atoms. The summed E-state index contributed by atoms with van der Waals surface area (Å²) >= 11 is 0. The molecule has 1 aromatic carbocycles. The molecule has 0 aromatic heterocycles. The summed E-state index contributed by atoms with van der Waals surface area (Å²) in [6, 6.07) is 2.77. The van der Waals surface area contributed by atoms with Crippen molar-refractivity contribution in [2.24, 2.45) is 11.8 Å². The molecule has 0 heterocycles. The summed E-state index contributed by atoms with van der Waals surface area (Å²) in [4.78, 5) is 22.9. The van der Waals surface area contributed by atoms with Gasteiger partial charge in [0.2, 0.25) is 5.91 Å². The molecule has 0 radical (unpaired) electrons. The molecule has 2 N–H and O–H groups in total. The molecule has 1 amide bonds. The third-order valence-corrected chi connectivity index (χ3v) is 3.52. The van der Waals surface area contributed by atoms with Gasteiger partial charge in [0.1, 0.15) is 11.6 Å². The largest absolute Gasteiger partial charge is 0.481 e. The first-order chi connectivity index (χ1) is 9.45. The second-order valence-corrected chi connectivity index (χ2v) is 5.05. The lowest BCUT2D eigenvalue weighted by atomic mass is 9.81. The van der Waals surface area contributed by atoms with Gasteiger partial charge in [0, 0.05) is 17.7 Å². The molecule has 0 bridgehead atoms. The number of amides is 1. The average molecular weight is 283 g/mol. The van der Waals surface area contributed by atoms with Crippen molar-refractivity contribution in [2.75, 3.05) is 5.32 Å². The fourth-order valence-electron chi connectivity index (χ4n) is 2.52. The highest BCUT2D eigenvalue weighted by atomic mass is 19.1. The first-order valence-corrected chi connectivity index (χ1v) is 6.45. The van der Waals surface area contributed by atoms with Gasteiger partial charge in [0.15, 0.2) is 0 Å². The molecule has 1 fully saturated rings. The highest BCUT2D eigenvalue weighted by Gasteiger charge is 2.31. The van der Waals surface area contributed by atoms with Crippen molar-refractivity contribution in [1.29, 1.82) is 0 Å². The SMILES string of the molecule is O=C(O)[C@H]1CCC[C@H](C(=O)Nc2cc(F)cc(F)c2)C1. The van der Waals surface area contributed by atoms with Crippen LogP contribution in [-0.2, 0) is 9.59 Å². The highest BCUT2D eigenvalue weighted by Crippen LogP contribution is 2.30. The van der Waals surface area contributed by atoms with Crippen LogP contribution in [0.15, 0.2) is 18.2 Å². The van der Waals surface area contributed by atoms with Crippen molar-refractivity contribution < 1.29 is 23.5 Å². The maximum Gasteiger partial charge on any atom is 0.306 e. The number of benzene rings is 1. The monoisotopic (exact) mass is 283 g/mol. The molecule has 0 spiro atoms. The van der Waals surface area contributed by atoms with Gasteiger partial charge in [-0.1, -0.05) is 6.42 Å². The van der Waals surface area contributed by atoms with Gasteiger partial charge >= 0.3 is 5.97 Å². The van der Waals surface area contributed by atoms with Crippen LogP contribution in [0.4, 0.5) is 14.5 Å². The number of hydrogen-bond acceptors (Lipinski definition) is 2. The fourth-order valence-corrected chi connectivity index (χ4v) is 2.52. The van der Waals surface area contributed by atoms with E-state index in [4.69, 9.17) is 5.11 Å². The summed E-state index contributed by atoms with van der Waals surface area (Å²) in [5.74, 6) is -3.79. The molecular weight excluding hydrogens is 268 g/mol. The third-order valence-electron chi connectivity index (χ3n) is 3.52. The van der Waals surface area contributed by atoms with E-state index in [1.807, 2.05) is 0 Å². The lowest BCUT2D eigenvalue weighted by molar-refractivity contribution is -0.143. The molecule has 4 nitrogen and oxygen atoms in total. The van der Waals surface area contributed by atoms with Crippen LogP contribution >= 0.6 is 0 Å². The van der Waals surface area contributed by atoms with Crippen molar-refractivity contribution >= 4 is 17.6 Å². The second-order valence-electron chi connectivity index (χ2n) is 5.05. The maximum absolute atomic E-state index is 13.0. The van der Waals surface area contributed by atoms with Crippen molar-refractivity contribution in [1.82, 2.24) is 0 Å². The van der Waals surface area contributed by atoms with Crippen LogP contribution in [0, 0.1) is 23.5 Å². The molecule has 2 rings (SSSR count). The number of carboxylic acid groups (broad SMARTS) is 1. The number of carbonyl (C=O) groups is 2. The van der Waals surface area contributed by atoms with Crippen molar-refractivity contribution in [2.45, 2.75) is 25.7 Å². The Hall–Kier alpha value is -1.98. The van der Waals surface area contributed by atoms with Gasteiger partial charge in [-0.05, 0) is 31.4 Å². The van der Waals surface area contributed by atoms with Crippen molar-refractivity contribution in [3.8, 4) is 0 Å². The Bertz CT molecular complexity index is 513. The molecule has 1 aromatic rings. The van der Waals surface area contributed by atoms with E-state index in [0.717, 1.165) is 18.2 Å². The van der Waals surface area contributed by atoms with Crippen molar-refractivity contribution in [3.05, 3.63) is 29.8 Å². The Labute approximate surface area is 114 Å². The van der Waals surface area contributed by atoms with Crippen LogP contribution in [-0.4, -0.2) is 17.0 Å². The number of hydrogen-bond donors (Lipinski definition) is 2. The van der Waals surface area contributed by atoms with E-state index in [2.05, 4.69) is 5.32 Å². The zero-order chi connectivity index (χ0) is 14.7. The van der Waals surface area contributed by atoms with E-state index in [-0.39, 0.29) is 18.0 Å². The number of halogens is 2. The number of anilines is 1. The number of aliphatic carboxylic acids is 1. The summed E-state index contributed by atoms with van der Waals surface area (Å²) in [5.41, 5.74) is 0.0462. The second kappa shape index (κ2) is 5.98. The van der Waals surface area contributed by atoms with Gasteiger partial charge in [0.25, 0.3) is 0 Å². The lowest BCUT2D eigenvalue weighted by Crippen LogP contribution is -2.31. The Morgan fingerprint density at radius 2 is 1.70 bits per heavy atom. The molecule has 6 heteroatoms. The first-order valence-electron chi connectivity index (χ1n) is 6.45. The summed E-state index contributed by atoms with van der Waals surface area (Å²) in [7, 11) is 0. The molecule has 1 aliphatic carbocycles. The number of rotatable bonds is 3. The quantitative estimate of drug-likeness (QED) is 0.896. The van der Waals surface area contributed by atoms with Crippen LogP contribution in [0.2, 0.25) is 0 Å². The molecule has 1 saturated carbocycles. The zero-order valence-electron chi connectivity index (χ0n) is 10.7. The van der Waals surface area contributed by atoms with Crippen molar-refractivity contribution in [3.63, 3.8) is 0 Å². The molecule has 108 valence electrons. The van der Waals surface area contributed by atoms with E-state index in [1.54, 1.807) is 0 Å². The van der Waals surface area contributed by atoms with Gasteiger partial charge in [0.05, 0.1) is 5.92 Å². The molecule has 0 aliphatic heterocycles. The fraction of sp³-hybridized carbons (Fsp3) is 0.429. The predicted molar refractivity (Wildman–Crippen MR) is 68.1 cm³/mol. The summed E-state index contributed by atoms with van der Waals surface area (Å²) in [5, 5.41) is 11.4. The topological polar surface area (TPSA) is 66.4 Å². The Kier molecular flexibility index (Phi) is 4.32. The number of carboxylic acids is 1. The minimum absolute atomic E-state index is 0.0462. The predicted octanol–water partition coefficient (Wildman–Crippen LogP) is 2.79. The Balaban J connectivity index is 2.02. The zero-order valence-corrected chi connectivity index (χ0v) is 10.7. The summed E-state index contributed by atoms with van der Waals surface area (Å²) in [6.45, 7) is 0. The van der Waals surface area contributed by atoms with Gasteiger partial charge in [-0.3, -0.25) is 9.59 Å². The molecule has 2 atom stereocenters. The first kappa shape index (κ1) is 14.4. The molecule has 1 aliphatic rings. The van der Waals surface area contributed by atoms with E-state index in [0.29, 0.717) is 19.3 Å². The minimum atomic E-state index is -0.903. The summed E-state index contributed by atoms with van der Waals surface area (Å²) in [6.07, 6.45) is 2.08. The Morgan fingerprint density at radius 1 is 1.10 bits per heavy atom. The van der Waals surface area contributed by atoms with E-state index in [1.165, 1.54) is 0 Å². The van der Waals surface area contributed by atoms with Crippen LogP contribution in [0.5, 0.6) is 0 Å². The van der Waals surface area contributed by atoms with Crippen LogP contribution in [0.25, 0.3) is 0 Å². The summed E-state index contributed by atoms with van der Waals surface area (Å²) < 4.78 is 26.0.